The first-order valence-electron chi connectivity index (χ1n) is 7.37. The average Bonchev–Trinajstić information content (AvgIpc) is 2.69. The molecule has 1 heterocycles. The molecule has 1 aromatic heterocycles. The van der Waals surface area contributed by atoms with Gasteiger partial charge in [0, 0.05) is 18.8 Å². The van der Waals surface area contributed by atoms with Crippen molar-refractivity contribution in [3.63, 3.8) is 0 Å². The molecule has 1 fully saturated rings. The lowest BCUT2D eigenvalue weighted by molar-refractivity contribution is 0.318. The molecule has 2 unspecified atom stereocenters. The van der Waals surface area contributed by atoms with E-state index in [1.807, 2.05) is 12.1 Å². The van der Waals surface area contributed by atoms with Gasteiger partial charge in [-0.05, 0) is 30.4 Å². The molecule has 1 aromatic rings. The van der Waals surface area contributed by atoms with Gasteiger partial charge in [0.2, 0.25) is 0 Å². The molecule has 0 amide bonds. The lowest BCUT2D eigenvalue weighted by Gasteiger charge is -2.23. The highest BCUT2D eigenvalue weighted by atomic mass is 16.4. The van der Waals surface area contributed by atoms with Gasteiger partial charge in [0.15, 0.2) is 5.84 Å². The molecule has 2 atom stereocenters. The molecule has 20 heavy (non-hydrogen) atoms. The Morgan fingerprint density at radius 3 is 3.05 bits per heavy atom. The summed E-state index contributed by atoms with van der Waals surface area (Å²) in [6.45, 7) is 3.02. The Balaban J connectivity index is 2.03. The van der Waals surface area contributed by atoms with E-state index < -0.39 is 0 Å². The minimum absolute atomic E-state index is 0.0660. The zero-order valence-electron chi connectivity index (χ0n) is 12.0. The van der Waals surface area contributed by atoms with E-state index in [4.69, 9.17) is 10.9 Å². The lowest BCUT2D eigenvalue weighted by atomic mass is 9.96. The third-order valence-corrected chi connectivity index (χ3v) is 4.16. The van der Waals surface area contributed by atoms with Gasteiger partial charge in [0.25, 0.3) is 0 Å². The quantitative estimate of drug-likeness (QED) is 0.259. The summed E-state index contributed by atoms with van der Waals surface area (Å²) in [5, 5.41) is 15.5. The number of oxime groups is 1. The van der Waals surface area contributed by atoms with Crippen molar-refractivity contribution in [3.05, 3.63) is 29.6 Å². The van der Waals surface area contributed by atoms with Crippen LogP contribution >= 0.6 is 0 Å². The van der Waals surface area contributed by atoms with Crippen molar-refractivity contribution in [2.24, 2.45) is 16.8 Å². The predicted molar refractivity (Wildman–Crippen MR) is 79.6 cm³/mol. The molecular weight excluding hydrogens is 252 g/mol. The highest BCUT2D eigenvalue weighted by Crippen LogP contribution is 2.23. The van der Waals surface area contributed by atoms with Crippen LogP contribution in [0.5, 0.6) is 0 Å². The van der Waals surface area contributed by atoms with Crippen molar-refractivity contribution in [2.75, 3.05) is 0 Å². The molecule has 0 radical (unpaired) electrons. The van der Waals surface area contributed by atoms with Crippen molar-refractivity contribution >= 4 is 5.84 Å². The minimum atomic E-state index is 0.0660. The molecule has 0 bridgehead atoms. The standard InChI is InChI=1S/C15H24N4O/c1-11-6-3-2-4-8-13(11)18-10-12-7-5-9-17-14(12)15(16)19-20/h5,7,9,11,13,18,20H,2-4,6,8,10H2,1H3,(H2,16,19). The summed E-state index contributed by atoms with van der Waals surface area (Å²) in [6, 6.07) is 4.38. The smallest absolute Gasteiger partial charge is 0.189 e. The number of hydrogen-bond donors (Lipinski definition) is 3. The van der Waals surface area contributed by atoms with Gasteiger partial charge in [-0.25, -0.2) is 0 Å². The molecular formula is C15H24N4O. The average molecular weight is 276 g/mol. The molecule has 1 aliphatic carbocycles. The van der Waals surface area contributed by atoms with E-state index >= 15 is 0 Å². The molecule has 0 spiro atoms. The van der Waals surface area contributed by atoms with Crippen molar-refractivity contribution in [3.8, 4) is 0 Å². The van der Waals surface area contributed by atoms with Crippen LogP contribution in [0.2, 0.25) is 0 Å². The number of hydrogen-bond acceptors (Lipinski definition) is 4. The van der Waals surface area contributed by atoms with E-state index in [0.717, 1.165) is 5.56 Å². The van der Waals surface area contributed by atoms with Crippen LogP contribution in [0.25, 0.3) is 0 Å². The molecule has 5 nitrogen and oxygen atoms in total. The van der Waals surface area contributed by atoms with Gasteiger partial charge in [-0.2, -0.15) is 0 Å². The van der Waals surface area contributed by atoms with E-state index in [9.17, 15) is 0 Å². The molecule has 0 aliphatic heterocycles. The van der Waals surface area contributed by atoms with Crippen LogP contribution in [-0.4, -0.2) is 22.1 Å². The third-order valence-electron chi connectivity index (χ3n) is 4.16. The zero-order valence-corrected chi connectivity index (χ0v) is 12.0. The Morgan fingerprint density at radius 2 is 2.25 bits per heavy atom. The van der Waals surface area contributed by atoms with Crippen molar-refractivity contribution in [1.82, 2.24) is 10.3 Å². The van der Waals surface area contributed by atoms with Crippen molar-refractivity contribution < 1.29 is 5.21 Å². The number of rotatable bonds is 4. The largest absolute Gasteiger partial charge is 0.409 e. The fourth-order valence-corrected chi connectivity index (χ4v) is 2.90. The Kier molecular flexibility index (Phi) is 5.35. The van der Waals surface area contributed by atoms with Crippen LogP contribution in [0.3, 0.4) is 0 Å². The number of nitrogens with zero attached hydrogens (tertiary/aromatic N) is 2. The maximum atomic E-state index is 8.81. The second kappa shape index (κ2) is 7.24. The molecule has 5 heteroatoms. The topological polar surface area (TPSA) is 83.5 Å². The summed E-state index contributed by atoms with van der Waals surface area (Å²) >= 11 is 0. The Morgan fingerprint density at radius 1 is 1.45 bits per heavy atom. The summed E-state index contributed by atoms with van der Waals surface area (Å²) in [7, 11) is 0. The van der Waals surface area contributed by atoms with Gasteiger partial charge in [0.1, 0.15) is 5.69 Å². The van der Waals surface area contributed by atoms with E-state index in [1.54, 1.807) is 6.20 Å². The summed E-state index contributed by atoms with van der Waals surface area (Å²) in [4.78, 5) is 4.19. The van der Waals surface area contributed by atoms with E-state index in [0.29, 0.717) is 24.2 Å². The Labute approximate surface area is 120 Å². The first-order chi connectivity index (χ1) is 9.72. The maximum absolute atomic E-state index is 8.81. The molecule has 110 valence electrons. The van der Waals surface area contributed by atoms with Gasteiger partial charge in [0.05, 0.1) is 0 Å². The summed E-state index contributed by atoms with van der Waals surface area (Å²) < 4.78 is 0. The van der Waals surface area contributed by atoms with Gasteiger partial charge in [-0.15, -0.1) is 0 Å². The highest BCUT2D eigenvalue weighted by molar-refractivity contribution is 5.96. The number of nitrogens with two attached hydrogens (primary N) is 1. The fraction of sp³-hybridized carbons (Fsp3) is 0.600. The first kappa shape index (κ1) is 14.8. The molecule has 1 aliphatic rings. The Bertz CT molecular complexity index is 461. The monoisotopic (exact) mass is 276 g/mol. The minimum Gasteiger partial charge on any atom is -0.409 e. The summed E-state index contributed by atoms with van der Waals surface area (Å²) in [5.41, 5.74) is 7.20. The van der Waals surface area contributed by atoms with Gasteiger partial charge < -0.3 is 16.3 Å². The van der Waals surface area contributed by atoms with Crippen LogP contribution in [0.15, 0.2) is 23.5 Å². The van der Waals surface area contributed by atoms with Gasteiger partial charge in [-0.1, -0.05) is 37.4 Å². The fourth-order valence-electron chi connectivity index (χ4n) is 2.90. The Hall–Kier alpha value is -1.62. The molecule has 0 aromatic carbocycles. The number of nitrogens with one attached hydrogen (secondary N) is 1. The van der Waals surface area contributed by atoms with E-state index in [1.165, 1.54) is 32.1 Å². The van der Waals surface area contributed by atoms with Crippen LogP contribution in [-0.2, 0) is 6.54 Å². The second-order valence-corrected chi connectivity index (χ2v) is 5.60. The maximum Gasteiger partial charge on any atom is 0.189 e. The number of pyridine rings is 1. The third kappa shape index (κ3) is 3.70. The lowest BCUT2D eigenvalue weighted by Crippen LogP contribution is -2.34. The highest BCUT2D eigenvalue weighted by Gasteiger charge is 2.19. The SMILES string of the molecule is CC1CCCCCC1NCc1cccnc1C(N)=NO. The predicted octanol–water partition coefficient (Wildman–Crippen LogP) is 2.23. The number of aromatic nitrogens is 1. The number of amidine groups is 1. The zero-order chi connectivity index (χ0) is 14.4. The molecule has 0 saturated heterocycles. The molecule has 4 N–H and O–H groups in total. The summed E-state index contributed by atoms with van der Waals surface area (Å²) in [6.07, 6.45) is 8.14. The van der Waals surface area contributed by atoms with E-state index in [2.05, 4.69) is 22.4 Å². The second-order valence-electron chi connectivity index (χ2n) is 5.60. The van der Waals surface area contributed by atoms with Crippen molar-refractivity contribution in [1.29, 1.82) is 0 Å². The molecule has 2 rings (SSSR count). The van der Waals surface area contributed by atoms with E-state index in [-0.39, 0.29) is 5.84 Å². The van der Waals surface area contributed by atoms with Gasteiger partial charge >= 0.3 is 0 Å². The molecule has 1 saturated carbocycles. The van der Waals surface area contributed by atoms with Crippen LogP contribution in [0.4, 0.5) is 0 Å². The van der Waals surface area contributed by atoms with Crippen molar-refractivity contribution in [2.45, 2.75) is 51.6 Å². The normalized spacial score (nSPS) is 24.4. The van der Waals surface area contributed by atoms with Crippen LogP contribution < -0.4 is 11.1 Å². The summed E-state index contributed by atoms with van der Waals surface area (Å²) in [5.74, 6) is 0.762. The van der Waals surface area contributed by atoms with Crippen LogP contribution in [0, 0.1) is 5.92 Å². The van der Waals surface area contributed by atoms with Crippen LogP contribution in [0.1, 0.15) is 50.3 Å². The first-order valence-corrected chi connectivity index (χ1v) is 7.37. The van der Waals surface area contributed by atoms with Gasteiger partial charge in [-0.3, -0.25) is 4.98 Å².